The van der Waals surface area contributed by atoms with Crippen molar-refractivity contribution in [2.75, 3.05) is 20.6 Å². The molecule has 1 heteroatoms. The highest BCUT2D eigenvalue weighted by atomic mass is 15.0. The molecule has 1 rings (SSSR count). The Morgan fingerprint density at radius 1 is 1.08 bits per heavy atom. The van der Waals surface area contributed by atoms with E-state index in [0.29, 0.717) is 0 Å². The van der Waals surface area contributed by atoms with E-state index >= 15 is 0 Å². The first-order valence-corrected chi connectivity index (χ1v) is 5.27. The summed E-state index contributed by atoms with van der Waals surface area (Å²) in [6, 6.07) is 0. The van der Waals surface area contributed by atoms with Crippen LogP contribution in [0.25, 0.3) is 0 Å². The van der Waals surface area contributed by atoms with Crippen LogP contribution >= 0.6 is 0 Å². The van der Waals surface area contributed by atoms with Gasteiger partial charge >= 0.3 is 0 Å². The Bertz CT molecular complexity index is 74.3. The van der Waals surface area contributed by atoms with Gasteiger partial charge in [0, 0.05) is 0 Å². The zero-order valence-corrected chi connectivity index (χ0v) is 9.27. The van der Waals surface area contributed by atoms with Crippen molar-refractivity contribution in [2.45, 2.75) is 46.0 Å². The van der Waals surface area contributed by atoms with Gasteiger partial charge in [0.2, 0.25) is 0 Å². The summed E-state index contributed by atoms with van der Waals surface area (Å²) < 4.78 is 0. The van der Waals surface area contributed by atoms with E-state index < -0.39 is 0 Å². The topological polar surface area (TPSA) is 3.24 Å². The Balaban J connectivity index is 0.000000330. The lowest BCUT2D eigenvalue weighted by atomic mass is 10.1. The van der Waals surface area contributed by atoms with Gasteiger partial charge in [-0.2, -0.15) is 0 Å². The van der Waals surface area contributed by atoms with Gasteiger partial charge in [0.05, 0.1) is 0 Å². The Kier molecular flexibility index (Phi) is 7.58. The average Bonchev–Trinajstić information content (AvgIpc) is 2.68. The van der Waals surface area contributed by atoms with Crippen molar-refractivity contribution in [3.8, 4) is 0 Å². The monoisotopic (exact) mass is 171 g/mol. The quantitative estimate of drug-likeness (QED) is 0.628. The standard InChI is InChI=1S/C8H19N.C3H6/c1-8(2)6-5-7-9(3)4;1-2-3-1/h8H,5-7H2,1-4H3;1-3H2. The third-order valence-electron chi connectivity index (χ3n) is 1.74. The molecule has 0 aromatic rings. The van der Waals surface area contributed by atoms with Crippen molar-refractivity contribution in [3.05, 3.63) is 0 Å². The third-order valence-corrected chi connectivity index (χ3v) is 1.74. The van der Waals surface area contributed by atoms with E-state index in [0.717, 1.165) is 5.92 Å². The lowest BCUT2D eigenvalue weighted by Crippen LogP contribution is -2.13. The fourth-order valence-electron chi connectivity index (χ4n) is 0.816. The highest BCUT2D eigenvalue weighted by molar-refractivity contribution is 4.50. The van der Waals surface area contributed by atoms with Gasteiger partial charge in [-0.25, -0.2) is 0 Å². The van der Waals surface area contributed by atoms with Crippen molar-refractivity contribution in [1.82, 2.24) is 4.90 Å². The molecule has 0 saturated heterocycles. The van der Waals surface area contributed by atoms with Gasteiger partial charge in [-0.1, -0.05) is 33.1 Å². The molecular weight excluding hydrogens is 146 g/mol. The second-order valence-electron chi connectivity index (χ2n) is 4.40. The molecule has 0 aliphatic heterocycles. The predicted molar refractivity (Wildman–Crippen MR) is 56.5 cm³/mol. The zero-order chi connectivity index (χ0) is 9.40. The molecule has 1 aliphatic carbocycles. The molecule has 0 spiro atoms. The van der Waals surface area contributed by atoms with E-state index in [1.165, 1.54) is 38.6 Å². The maximum absolute atomic E-state index is 2.27. The van der Waals surface area contributed by atoms with E-state index in [9.17, 15) is 0 Å². The fraction of sp³-hybridized carbons (Fsp3) is 1.00. The lowest BCUT2D eigenvalue weighted by molar-refractivity contribution is 0.378. The maximum atomic E-state index is 2.27. The molecule has 0 bridgehead atoms. The fourth-order valence-corrected chi connectivity index (χ4v) is 0.816. The van der Waals surface area contributed by atoms with Crippen LogP contribution in [0.5, 0.6) is 0 Å². The van der Waals surface area contributed by atoms with Crippen LogP contribution in [0.3, 0.4) is 0 Å². The SMILES string of the molecule is C1CC1.CC(C)CCCN(C)C. The molecule has 0 N–H and O–H groups in total. The van der Waals surface area contributed by atoms with Crippen molar-refractivity contribution < 1.29 is 0 Å². The molecule has 74 valence electrons. The minimum atomic E-state index is 0.866. The molecule has 0 aromatic carbocycles. The predicted octanol–water partition coefficient (Wildman–Crippen LogP) is 3.15. The number of nitrogens with zero attached hydrogens (tertiary/aromatic N) is 1. The van der Waals surface area contributed by atoms with Crippen LogP contribution in [-0.2, 0) is 0 Å². The van der Waals surface area contributed by atoms with Crippen LogP contribution in [0.1, 0.15) is 46.0 Å². The molecule has 0 unspecified atom stereocenters. The van der Waals surface area contributed by atoms with E-state index in [1.54, 1.807) is 0 Å². The minimum Gasteiger partial charge on any atom is -0.309 e. The van der Waals surface area contributed by atoms with Crippen molar-refractivity contribution >= 4 is 0 Å². The summed E-state index contributed by atoms with van der Waals surface area (Å²) in [4.78, 5) is 2.24. The highest BCUT2D eigenvalue weighted by Gasteiger charge is 1.95. The highest BCUT2D eigenvalue weighted by Crippen LogP contribution is 2.14. The Morgan fingerprint density at radius 2 is 1.58 bits per heavy atom. The Morgan fingerprint density at radius 3 is 1.83 bits per heavy atom. The second kappa shape index (κ2) is 7.60. The molecule has 0 heterocycles. The molecule has 0 radical (unpaired) electrons. The molecule has 0 atom stereocenters. The average molecular weight is 171 g/mol. The summed E-state index contributed by atoms with van der Waals surface area (Å²) in [5, 5.41) is 0. The maximum Gasteiger partial charge on any atom is -0.00247 e. The van der Waals surface area contributed by atoms with Crippen molar-refractivity contribution in [2.24, 2.45) is 5.92 Å². The molecular formula is C11H25N. The van der Waals surface area contributed by atoms with E-state index in [1.807, 2.05) is 0 Å². The van der Waals surface area contributed by atoms with Crippen LogP contribution in [0.4, 0.5) is 0 Å². The molecule has 1 saturated carbocycles. The van der Waals surface area contributed by atoms with E-state index in [-0.39, 0.29) is 0 Å². The number of rotatable bonds is 4. The van der Waals surface area contributed by atoms with Gasteiger partial charge in [-0.05, 0) is 39.4 Å². The number of hydrogen-bond donors (Lipinski definition) is 0. The van der Waals surface area contributed by atoms with Crippen molar-refractivity contribution in [1.29, 1.82) is 0 Å². The number of hydrogen-bond acceptors (Lipinski definition) is 1. The lowest BCUT2D eigenvalue weighted by Gasteiger charge is -2.09. The van der Waals surface area contributed by atoms with Crippen LogP contribution in [0, 0.1) is 5.92 Å². The molecule has 0 amide bonds. The molecule has 1 aliphatic rings. The van der Waals surface area contributed by atoms with Gasteiger partial charge in [0.1, 0.15) is 0 Å². The summed E-state index contributed by atoms with van der Waals surface area (Å²) >= 11 is 0. The van der Waals surface area contributed by atoms with Gasteiger partial charge in [0.25, 0.3) is 0 Å². The Hall–Kier alpha value is -0.0400. The molecule has 1 fully saturated rings. The van der Waals surface area contributed by atoms with Crippen LogP contribution in [0.15, 0.2) is 0 Å². The van der Waals surface area contributed by atoms with E-state index in [2.05, 4.69) is 32.8 Å². The first-order chi connectivity index (χ1) is 5.63. The van der Waals surface area contributed by atoms with Gasteiger partial charge in [-0.15, -0.1) is 0 Å². The van der Waals surface area contributed by atoms with Crippen LogP contribution in [0.2, 0.25) is 0 Å². The summed E-state index contributed by atoms with van der Waals surface area (Å²) in [5.41, 5.74) is 0. The summed E-state index contributed by atoms with van der Waals surface area (Å²) in [5.74, 6) is 0.866. The zero-order valence-electron chi connectivity index (χ0n) is 9.27. The van der Waals surface area contributed by atoms with Crippen molar-refractivity contribution in [3.63, 3.8) is 0 Å². The first-order valence-electron chi connectivity index (χ1n) is 5.27. The Labute approximate surface area is 78.1 Å². The molecule has 12 heavy (non-hydrogen) atoms. The van der Waals surface area contributed by atoms with Gasteiger partial charge in [0.15, 0.2) is 0 Å². The summed E-state index contributed by atoms with van der Waals surface area (Å²) in [6.07, 6.45) is 7.20. The molecule has 0 aromatic heterocycles. The third kappa shape index (κ3) is 16.5. The van der Waals surface area contributed by atoms with E-state index in [4.69, 9.17) is 0 Å². The van der Waals surface area contributed by atoms with Gasteiger partial charge < -0.3 is 4.90 Å². The summed E-state index contributed by atoms with van der Waals surface area (Å²) in [7, 11) is 4.25. The molecule has 1 nitrogen and oxygen atoms in total. The van der Waals surface area contributed by atoms with Crippen LogP contribution < -0.4 is 0 Å². The van der Waals surface area contributed by atoms with Crippen LogP contribution in [-0.4, -0.2) is 25.5 Å². The second-order valence-corrected chi connectivity index (χ2v) is 4.40. The van der Waals surface area contributed by atoms with Gasteiger partial charge in [-0.3, -0.25) is 0 Å². The summed E-state index contributed by atoms with van der Waals surface area (Å²) in [6.45, 7) is 5.78. The minimum absolute atomic E-state index is 0.866. The normalized spacial score (nSPS) is 14.5. The largest absolute Gasteiger partial charge is 0.309 e. The first kappa shape index (κ1) is 12.0. The smallest absolute Gasteiger partial charge is 0.00247 e.